The van der Waals surface area contributed by atoms with Crippen molar-refractivity contribution in [2.24, 2.45) is 51.8 Å². The van der Waals surface area contributed by atoms with Gasteiger partial charge in [-0.1, -0.05) is 99.6 Å². The van der Waals surface area contributed by atoms with Gasteiger partial charge in [-0.2, -0.15) is 0 Å². The molecule has 2 amide bonds. The predicted octanol–water partition coefficient (Wildman–Crippen LogP) is 10.5. The first-order valence-corrected chi connectivity index (χ1v) is 27.3. The number of piperidine rings is 1. The molecule has 2 heterocycles. The number of likely N-dealkylation sites (tertiary alicyclic amines) is 1. The number of carboxylic acids is 1. The minimum absolute atomic E-state index is 0.0628. The molecule has 0 aromatic heterocycles. The fraction of sp³-hybridized carbons (Fsp3) is 0.857. The van der Waals surface area contributed by atoms with Crippen molar-refractivity contribution in [3.8, 4) is 0 Å². The molecule has 14 nitrogen and oxygen atoms in total. The monoisotopic (exact) mass is 992 g/mol. The lowest BCUT2D eigenvalue weighted by Crippen LogP contribution is -2.51. The van der Waals surface area contributed by atoms with Crippen molar-refractivity contribution < 1.29 is 54.6 Å². The maximum absolute atomic E-state index is 12.9. The van der Waals surface area contributed by atoms with E-state index in [4.69, 9.17) is 17.4 Å². The molecule has 14 heteroatoms. The van der Waals surface area contributed by atoms with E-state index in [0.29, 0.717) is 44.3 Å². The summed E-state index contributed by atoms with van der Waals surface area (Å²) in [7, 11) is 1.29. The van der Waals surface area contributed by atoms with Crippen LogP contribution in [0.15, 0.2) is 11.6 Å². The molecule has 8 atom stereocenters. The summed E-state index contributed by atoms with van der Waals surface area (Å²) in [5, 5.41) is 15.2. The quantitative estimate of drug-likeness (QED) is 0.0345. The fourth-order valence-electron chi connectivity index (χ4n) is 12.9. The first kappa shape index (κ1) is 57.4. The zero-order chi connectivity index (χ0) is 53.5. The van der Waals surface area contributed by atoms with Crippen LogP contribution in [0.2, 0.25) is 0 Å². The van der Waals surface area contributed by atoms with Gasteiger partial charge in [0.2, 0.25) is 7.34 Å². The van der Waals surface area contributed by atoms with Crippen LogP contribution in [0.25, 0.3) is 0 Å². The van der Waals surface area contributed by atoms with Crippen LogP contribution in [-0.4, -0.2) is 116 Å². The van der Waals surface area contributed by atoms with Gasteiger partial charge < -0.3 is 39.5 Å². The van der Waals surface area contributed by atoms with E-state index in [1.54, 1.807) is 0 Å². The van der Waals surface area contributed by atoms with Crippen LogP contribution in [0, 0.1) is 51.8 Å². The Morgan fingerprint density at radius 3 is 2.13 bits per heavy atom. The Labute approximate surface area is 425 Å². The summed E-state index contributed by atoms with van der Waals surface area (Å²) in [6, 6.07) is 0. The second kappa shape index (κ2) is 29.9. The van der Waals surface area contributed by atoms with E-state index in [2.05, 4.69) is 81.5 Å². The third-order valence-corrected chi connectivity index (χ3v) is 17.2. The number of fused-ring (bicyclic) bond motifs is 5. The molecule has 2 saturated heterocycles. The molecule has 0 aromatic carbocycles. The number of nitrogens with zero attached hydrogens (tertiary/aromatic N) is 2. The number of hydrogen-bond donors (Lipinski definition) is 3. The van der Waals surface area contributed by atoms with Crippen molar-refractivity contribution in [3.05, 3.63) is 11.6 Å². The van der Waals surface area contributed by atoms with Gasteiger partial charge in [0.1, 0.15) is 6.10 Å². The molecule has 70 heavy (non-hydrogen) atoms. The maximum Gasteiger partial charge on any atom is 0.407 e. The molecule has 0 spiro atoms. The number of aliphatic hydroxyl groups excluding tert-OH is 1. The summed E-state index contributed by atoms with van der Waals surface area (Å²) in [6.07, 6.45) is 20.0. The van der Waals surface area contributed by atoms with Crippen LogP contribution in [-0.2, 0) is 38.2 Å². The van der Waals surface area contributed by atoms with Gasteiger partial charge in [-0.3, -0.25) is 24.0 Å². The molecular weight excluding hydrogens is 891 g/mol. The van der Waals surface area contributed by atoms with Crippen LogP contribution < -0.4 is 5.32 Å². The number of aliphatic hydroxyl groups is 1. The van der Waals surface area contributed by atoms with Gasteiger partial charge in [-0.05, 0) is 137 Å². The summed E-state index contributed by atoms with van der Waals surface area (Å²) in [6.45, 7) is 24.3. The van der Waals surface area contributed by atoms with Gasteiger partial charge in [-0.25, -0.2) is 4.79 Å². The zero-order valence-corrected chi connectivity index (χ0v) is 45.0. The lowest BCUT2D eigenvalue weighted by Gasteiger charge is -2.58. The Bertz CT molecular complexity index is 1720. The van der Waals surface area contributed by atoms with Gasteiger partial charge in [0.25, 0.3) is 0 Å². The lowest BCUT2D eigenvalue weighted by atomic mass is 9.47. The van der Waals surface area contributed by atoms with E-state index in [9.17, 15) is 28.8 Å². The number of ether oxygens (including phenoxy) is 3. The van der Waals surface area contributed by atoms with Crippen molar-refractivity contribution in [2.75, 3.05) is 53.0 Å². The van der Waals surface area contributed by atoms with Gasteiger partial charge in [-0.15, -0.1) is 0 Å². The van der Waals surface area contributed by atoms with Crippen molar-refractivity contribution in [1.82, 2.24) is 15.1 Å². The molecule has 3 saturated carbocycles. The number of carbonyl (C=O) groups excluding carboxylic acids is 5. The Hall–Kier alpha value is -3.52. The van der Waals surface area contributed by atoms with Crippen molar-refractivity contribution in [1.29, 1.82) is 1.43 Å². The number of nitrogens with one attached hydrogen (secondary N) is 1. The van der Waals surface area contributed by atoms with Crippen LogP contribution in [0.1, 0.15) is 198 Å². The van der Waals surface area contributed by atoms with Crippen LogP contribution in [0.5, 0.6) is 0 Å². The highest BCUT2D eigenvalue weighted by Crippen LogP contribution is 2.67. The normalized spacial score (nSPS) is 28.2. The van der Waals surface area contributed by atoms with E-state index in [1.807, 2.05) is 4.90 Å². The number of hydrogen-bond acceptors (Lipinski definition) is 11. The van der Waals surface area contributed by atoms with E-state index in [-0.39, 0.29) is 62.7 Å². The van der Waals surface area contributed by atoms with E-state index < -0.39 is 29.3 Å². The van der Waals surface area contributed by atoms with Crippen molar-refractivity contribution in [2.45, 2.75) is 203 Å². The molecule has 4 aliphatic carbocycles. The van der Waals surface area contributed by atoms with Crippen LogP contribution in [0.4, 0.5) is 4.79 Å². The molecule has 0 radical (unpaired) electrons. The molecule has 0 bridgehead atoms. The van der Waals surface area contributed by atoms with E-state index >= 15 is 0 Å². The zero-order valence-electron chi connectivity index (χ0n) is 47.0. The molecule has 5 fully saturated rings. The molecule has 0 unspecified atom stereocenters. The first-order valence-electron chi connectivity index (χ1n) is 28.4. The van der Waals surface area contributed by atoms with Crippen molar-refractivity contribution in [3.63, 3.8) is 0 Å². The topological polar surface area (TPSA) is 189 Å². The second-order valence-corrected chi connectivity index (χ2v) is 22.2. The van der Waals surface area contributed by atoms with Crippen LogP contribution >= 0.6 is 0 Å². The molecule has 2 aliphatic heterocycles. The maximum atomic E-state index is 12.9. The van der Waals surface area contributed by atoms with Crippen molar-refractivity contribution >= 4 is 35.9 Å². The van der Waals surface area contributed by atoms with Gasteiger partial charge in [0.15, 0.2) is 0 Å². The number of amides is 2. The SMILES string of the molecule is CCN(CC)CC.O=C1CCC(=O)O1.[3H]CC1(COC(=O)CCC(=O)O)CCN(C(=O)CCCCCNC(=O)O[C@H]2CC[C@@]3(C)C(=CC[C@H]4[C@@H]5CC[C@H]([C@H](C)CCCC(C)C)[C@@]5(C)CC[C@@H]43)C2)CC1.[3H]OC. The Morgan fingerprint density at radius 2 is 1.56 bits per heavy atom. The number of carboxylic acid groups (broad SMARTS) is 1. The molecule has 3 N–H and O–H groups in total. The molecule has 6 aliphatic rings. The summed E-state index contributed by atoms with van der Waals surface area (Å²) >= 11 is 0. The second-order valence-electron chi connectivity index (χ2n) is 22.2. The first-order chi connectivity index (χ1) is 34.2. The summed E-state index contributed by atoms with van der Waals surface area (Å²) in [5.74, 6) is 2.59. The lowest BCUT2D eigenvalue weighted by molar-refractivity contribution is -0.152. The number of allylic oxidation sites excluding steroid dienone is 1. The standard InChI is InChI=1S/C45H74N2O7.C6H15N.C4H4O3.CH4O/c1-31(2)11-10-12-32(3)36-16-17-37-35-15-14-33-29-34(20-22-44(33,5)38(35)21-23-45(36,37)6)54-42(52)46-26-9-7-8-13-39(48)47-27-24-43(4,25-28-47)30-53-41(51)19-18-40(49)50;1-4-7(5-2)6-3;5-3-1-2-4(6)7-3;1-2/h14,31-32,34-38H,7-13,15-30H2,1-6H3,(H,46,52)(H,49,50);4-6H2,1-3H3;1-2H2;2H,1H3/t32-,34+,35+,36-,37+,38+,44+,45-;;;/m1.../s1/i4T;;;2T. The predicted molar refractivity (Wildman–Crippen MR) is 273 cm³/mol. The van der Waals surface area contributed by atoms with Crippen LogP contribution in [0.3, 0.4) is 0 Å². The average molecular weight is 992 g/mol. The molecule has 402 valence electrons. The van der Waals surface area contributed by atoms with Gasteiger partial charge in [0, 0.05) is 46.4 Å². The average Bonchev–Trinajstić information content (AvgIpc) is 3.92. The van der Waals surface area contributed by atoms with Gasteiger partial charge >= 0.3 is 30.0 Å². The molecule has 6 rings (SSSR count). The third-order valence-electron chi connectivity index (χ3n) is 17.2. The molecule has 0 aromatic rings. The number of unbranched alkanes of at least 4 members (excludes halogenated alkanes) is 2. The van der Waals surface area contributed by atoms with Gasteiger partial charge in [0.05, 0.1) is 32.3 Å². The Balaban J connectivity index is 0.000000684. The van der Waals surface area contributed by atoms with E-state index in [1.165, 1.54) is 83.7 Å². The smallest absolute Gasteiger partial charge is 0.407 e. The Kier molecular flexibility index (Phi) is 24.5. The third kappa shape index (κ3) is 18.2. The minimum Gasteiger partial charge on any atom is -0.481 e. The largest absolute Gasteiger partial charge is 0.481 e. The van der Waals surface area contributed by atoms with E-state index in [0.717, 1.165) is 74.0 Å². The minimum atomic E-state index is -1.05. The number of carbonyl (C=O) groups is 6. The Morgan fingerprint density at radius 1 is 0.886 bits per heavy atom. The summed E-state index contributed by atoms with van der Waals surface area (Å²) in [4.78, 5) is 72.5. The highest BCUT2D eigenvalue weighted by atomic mass is 16.6. The number of aliphatic carboxylic acids is 1. The fourth-order valence-corrected chi connectivity index (χ4v) is 12.9. The number of rotatable bonds is 20. The number of alkyl carbamates (subject to hydrolysis) is 1. The molecular formula is C56H97N3O11. The summed E-state index contributed by atoms with van der Waals surface area (Å²) < 4.78 is 29.1. The highest BCUT2D eigenvalue weighted by Gasteiger charge is 2.59. The number of esters is 3. The number of cyclic esters (lactones) is 2. The summed E-state index contributed by atoms with van der Waals surface area (Å²) in [5.41, 5.74) is 1.77. The highest BCUT2D eigenvalue weighted by molar-refractivity contribution is 5.92.